The Kier molecular flexibility index (Phi) is 7.71. The van der Waals surface area contributed by atoms with Gasteiger partial charge < -0.3 is 19.1 Å². The number of hydrogen-bond donors (Lipinski definition) is 0. The lowest BCUT2D eigenvalue weighted by Crippen LogP contribution is -2.39. The molecule has 2 aliphatic rings. The highest BCUT2D eigenvalue weighted by Crippen LogP contribution is 2.38. The lowest BCUT2D eigenvalue weighted by molar-refractivity contribution is -0.148. The number of carbonyl (C=O) groups is 4. The summed E-state index contributed by atoms with van der Waals surface area (Å²) in [5.41, 5.74) is 0.706. The smallest absolute Gasteiger partial charge is 0.325 e. The van der Waals surface area contributed by atoms with Crippen molar-refractivity contribution in [3.05, 3.63) is 23.8 Å². The van der Waals surface area contributed by atoms with Crippen molar-refractivity contribution in [2.24, 2.45) is 11.8 Å². The molecule has 9 heteroatoms. The molecular weight excluding hydrogens is 416 g/mol. The number of nitrogens with zero attached hydrogens (tertiary/aromatic N) is 2. The molecule has 0 aromatic heterocycles. The van der Waals surface area contributed by atoms with E-state index in [2.05, 4.69) is 0 Å². The largest absolute Gasteiger partial charge is 0.497 e. The minimum absolute atomic E-state index is 0.0165. The van der Waals surface area contributed by atoms with E-state index in [1.165, 1.54) is 31.1 Å². The fourth-order valence-electron chi connectivity index (χ4n) is 4.45. The van der Waals surface area contributed by atoms with Crippen molar-refractivity contribution in [2.75, 3.05) is 34.4 Å². The molecule has 1 heterocycles. The van der Waals surface area contributed by atoms with Crippen LogP contribution in [0.2, 0.25) is 0 Å². The molecule has 1 saturated carbocycles. The summed E-state index contributed by atoms with van der Waals surface area (Å²) in [5, 5.41) is 0. The number of benzene rings is 1. The van der Waals surface area contributed by atoms with E-state index in [4.69, 9.17) is 14.2 Å². The summed E-state index contributed by atoms with van der Waals surface area (Å²) in [6.07, 6.45) is 3.29. The Morgan fingerprint density at radius 1 is 0.969 bits per heavy atom. The quantitative estimate of drug-likeness (QED) is 0.421. The predicted octanol–water partition coefficient (Wildman–Crippen LogP) is 1.77. The number of esters is 1. The number of ether oxygens (including phenoxy) is 3. The molecule has 0 radical (unpaired) electrons. The van der Waals surface area contributed by atoms with Crippen LogP contribution in [0.4, 0.5) is 0 Å². The first-order valence-corrected chi connectivity index (χ1v) is 10.8. The van der Waals surface area contributed by atoms with Crippen LogP contribution in [-0.4, -0.2) is 67.9 Å². The van der Waals surface area contributed by atoms with Crippen LogP contribution in [0.15, 0.2) is 18.2 Å². The van der Waals surface area contributed by atoms with E-state index in [-0.39, 0.29) is 55.6 Å². The maximum atomic E-state index is 13.0. The molecule has 3 rings (SSSR count). The van der Waals surface area contributed by atoms with E-state index in [0.717, 1.165) is 25.7 Å². The monoisotopic (exact) mass is 446 g/mol. The minimum atomic E-state index is -0.562. The maximum Gasteiger partial charge on any atom is 0.325 e. The van der Waals surface area contributed by atoms with Gasteiger partial charge in [0.1, 0.15) is 18.0 Å². The van der Waals surface area contributed by atoms with Gasteiger partial charge in [0.15, 0.2) is 0 Å². The van der Waals surface area contributed by atoms with Gasteiger partial charge in [0.2, 0.25) is 17.7 Å². The minimum Gasteiger partial charge on any atom is -0.497 e. The van der Waals surface area contributed by atoms with Crippen molar-refractivity contribution in [2.45, 2.75) is 38.6 Å². The molecule has 0 bridgehead atoms. The van der Waals surface area contributed by atoms with Crippen LogP contribution >= 0.6 is 0 Å². The van der Waals surface area contributed by atoms with Gasteiger partial charge in [-0.05, 0) is 30.5 Å². The van der Waals surface area contributed by atoms with Crippen LogP contribution in [0.5, 0.6) is 11.5 Å². The van der Waals surface area contributed by atoms with Crippen molar-refractivity contribution in [1.29, 1.82) is 0 Å². The van der Waals surface area contributed by atoms with Gasteiger partial charge in [-0.2, -0.15) is 0 Å². The molecule has 1 aromatic rings. The first kappa shape index (κ1) is 23.6. The number of hydrogen-bond acceptors (Lipinski definition) is 7. The maximum absolute atomic E-state index is 13.0. The highest BCUT2D eigenvalue weighted by atomic mass is 16.5. The number of methoxy groups -OCH3 is 3. The number of fused-ring (bicyclic) bond motifs is 1. The number of rotatable bonds is 9. The van der Waals surface area contributed by atoms with E-state index < -0.39 is 5.97 Å². The third kappa shape index (κ3) is 5.20. The molecule has 174 valence electrons. The molecule has 0 spiro atoms. The van der Waals surface area contributed by atoms with Gasteiger partial charge >= 0.3 is 5.97 Å². The van der Waals surface area contributed by atoms with Crippen LogP contribution in [0.1, 0.15) is 37.7 Å². The highest BCUT2D eigenvalue weighted by molar-refractivity contribution is 6.05. The summed E-state index contributed by atoms with van der Waals surface area (Å²) < 4.78 is 15.3. The second-order valence-electron chi connectivity index (χ2n) is 8.12. The first-order valence-electron chi connectivity index (χ1n) is 10.8. The molecule has 1 aliphatic carbocycles. The topological polar surface area (TPSA) is 102 Å². The van der Waals surface area contributed by atoms with Crippen LogP contribution in [-0.2, 0) is 30.5 Å². The summed E-state index contributed by atoms with van der Waals surface area (Å²) in [7, 11) is 4.30. The van der Waals surface area contributed by atoms with Gasteiger partial charge in [-0.3, -0.25) is 24.1 Å². The molecule has 2 fully saturated rings. The average molecular weight is 447 g/mol. The Hall–Kier alpha value is -3.10. The Balaban J connectivity index is 1.70. The van der Waals surface area contributed by atoms with E-state index in [1.807, 2.05) is 0 Å². The Bertz CT molecular complexity index is 839. The van der Waals surface area contributed by atoms with E-state index in [0.29, 0.717) is 17.1 Å². The number of amides is 3. The fraction of sp³-hybridized carbons (Fsp3) is 0.565. The molecule has 3 amide bonds. The average Bonchev–Trinajstić information content (AvgIpc) is 3.06. The Morgan fingerprint density at radius 2 is 1.53 bits per heavy atom. The van der Waals surface area contributed by atoms with Crippen LogP contribution < -0.4 is 9.47 Å². The number of carbonyl (C=O) groups excluding carboxylic acids is 4. The molecule has 1 aliphatic heterocycles. The van der Waals surface area contributed by atoms with Crippen molar-refractivity contribution >= 4 is 23.7 Å². The Morgan fingerprint density at radius 3 is 2.03 bits per heavy atom. The first-order chi connectivity index (χ1) is 15.4. The van der Waals surface area contributed by atoms with Gasteiger partial charge in [0, 0.05) is 25.6 Å². The van der Waals surface area contributed by atoms with Crippen LogP contribution in [0, 0.1) is 11.8 Å². The normalized spacial score (nSPS) is 20.0. The Labute approximate surface area is 187 Å². The zero-order valence-electron chi connectivity index (χ0n) is 18.8. The molecule has 1 aromatic carbocycles. The summed E-state index contributed by atoms with van der Waals surface area (Å²) in [6.45, 7) is -0.112. The SMILES string of the molecule is COC(=O)CN(Cc1cc(OC)cc(OC)c1)C(=O)CCN1C(=O)C2CCCCC2C1=O. The highest BCUT2D eigenvalue weighted by Gasteiger charge is 2.47. The summed E-state index contributed by atoms with van der Waals surface area (Å²) in [5.74, 6) is -0.653. The molecule has 0 N–H and O–H groups in total. The predicted molar refractivity (Wildman–Crippen MR) is 114 cm³/mol. The molecule has 1 saturated heterocycles. The van der Waals surface area contributed by atoms with Crippen LogP contribution in [0.3, 0.4) is 0 Å². The summed E-state index contributed by atoms with van der Waals surface area (Å²) in [4.78, 5) is 52.8. The van der Waals surface area contributed by atoms with Gasteiger partial charge in [-0.1, -0.05) is 12.8 Å². The lowest BCUT2D eigenvalue weighted by Gasteiger charge is -2.23. The van der Waals surface area contributed by atoms with E-state index in [1.54, 1.807) is 18.2 Å². The molecule has 2 atom stereocenters. The fourth-order valence-corrected chi connectivity index (χ4v) is 4.45. The van der Waals surface area contributed by atoms with Crippen LogP contribution in [0.25, 0.3) is 0 Å². The van der Waals surface area contributed by atoms with Gasteiger partial charge in [-0.15, -0.1) is 0 Å². The molecule has 32 heavy (non-hydrogen) atoms. The van der Waals surface area contributed by atoms with E-state index in [9.17, 15) is 19.2 Å². The number of imide groups is 1. The van der Waals surface area contributed by atoms with Gasteiger partial charge in [-0.25, -0.2) is 0 Å². The van der Waals surface area contributed by atoms with Crippen molar-refractivity contribution in [3.8, 4) is 11.5 Å². The summed E-state index contributed by atoms with van der Waals surface area (Å²) in [6, 6.07) is 5.20. The second kappa shape index (κ2) is 10.5. The molecule has 2 unspecified atom stereocenters. The standard InChI is InChI=1S/C23H30N2O7/c1-30-16-10-15(11-17(12-16)31-2)13-24(14-21(27)32-3)20(26)8-9-25-22(28)18-6-4-5-7-19(18)23(25)29/h10-12,18-19H,4-9,13-14H2,1-3H3. The van der Waals surface area contributed by atoms with Gasteiger partial charge in [0.05, 0.1) is 33.2 Å². The molecule has 9 nitrogen and oxygen atoms in total. The third-order valence-corrected chi connectivity index (χ3v) is 6.17. The third-order valence-electron chi connectivity index (χ3n) is 6.17. The number of likely N-dealkylation sites (tertiary alicyclic amines) is 1. The van der Waals surface area contributed by atoms with Crippen molar-refractivity contribution in [1.82, 2.24) is 9.80 Å². The summed E-state index contributed by atoms with van der Waals surface area (Å²) >= 11 is 0. The second-order valence-corrected chi connectivity index (χ2v) is 8.12. The zero-order chi connectivity index (χ0) is 23.3. The molecular formula is C23H30N2O7. The van der Waals surface area contributed by atoms with Gasteiger partial charge in [0.25, 0.3) is 0 Å². The zero-order valence-corrected chi connectivity index (χ0v) is 18.8. The lowest BCUT2D eigenvalue weighted by atomic mass is 9.81. The van der Waals surface area contributed by atoms with Crippen molar-refractivity contribution in [3.63, 3.8) is 0 Å². The van der Waals surface area contributed by atoms with Crippen molar-refractivity contribution < 1.29 is 33.4 Å². The van der Waals surface area contributed by atoms with E-state index >= 15 is 0 Å².